The molecule has 0 spiro atoms. The molecule has 0 aliphatic carbocycles. The molecule has 4 rings (SSSR count). The summed E-state index contributed by atoms with van der Waals surface area (Å²) in [6.45, 7) is 1.68. The average Bonchev–Trinajstić information content (AvgIpc) is 3.17. The minimum Gasteiger partial charge on any atom is -0.497 e. The highest BCUT2D eigenvalue weighted by Gasteiger charge is 2.51. The van der Waals surface area contributed by atoms with E-state index >= 15 is 0 Å². The second-order valence-corrected chi connectivity index (χ2v) is 7.18. The summed E-state index contributed by atoms with van der Waals surface area (Å²) in [5.74, 6) is -0.597. The van der Waals surface area contributed by atoms with Gasteiger partial charge in [0, 0.05) is 13.1 Å². The van der Waals surface area contributed by atoms with Gasteiger partial charge < -0.3 is 10.1 Å². The summed E-state index contributed by atoms with van der Waals surface area (Å²) in [6.07, 6.45) is 0.355. The first kappa shape index (κ1) is 19.6. The zero-order valence-electron chi connectivity index (χ0n) is 16.7. The van der Waals surface area contributed by atoms with Gasteiger partial charge in [-0.15, -0.1) is 0 Å². The molecule has 8 nitrogen and oxygen atoms in total. The van der Waals surface area contributed by atoms with Crippen LogP contribution in [-0.2, 0) is 10.3 Å². The number of hydrogen-bond donors (Lipinski definition) is 1. The van der Waals surface area contributed by atoms with E-state index in [0.29, 0.717) is 28.9 Å². The fourth-order valence-electron chi connectivity index (χ4n) is 3.99. The Bertz CT molecular complexity index is 1010. The number of nitrogens with zero attached hydrogens (tertiary/aromatic N) is 2. The van der Waals surface area contributed by atoms with Crippen LogP contribution in [0, 0.1) is 0 Å². The summed E-state index contributed by atoms with van der Waals surface area (Å²) in [5, 5.41) is 2.79. The maximum absolute atomic E-state index is 13.2. The highest BCUT2D eigenvalue weighted by Crippen LogP contribution is 2.33. The van der Waals surface area contributed by atoms with Gasteiger partial charge in [0.2, 0.25) is 0 Å². The van der Waals surface area contributed by atoms with Crippen LogP contribution in [0.4, 0.5) is 4.79 Å². The Balaban J connectivity index is 1.53. The second kappa shape index (κ2) is 7.29. The van der Waals surface area contributed by atoms with E-state index in [1.807, 2.05) is 6.92 Å². The third-order valence-corrected chi connectivity index (χ3v) is 5.71. The van der Waals surface area contributed by atoms with Crippen LogP contribution in [0.2, 0.25) is 0 Å². The summed E-state index contributed by atoms with van der Waals surface area (Å²) in [7, 11) is 1.55. The van der Waals surface area contributed by atoms with Crippen molar-refractivity contribution in [2.45, 2.75) is 18.9 Å². The van der Waals surface area contributed by atoms with Crippen LogP contribution in [0.15, 0.2) is 48.5 Å². The average molecular weight is 407 g/mol. The van der Waals surface area contributed by atoms with Gasteiger partial charge in [-0.05, 0) is 36.2 Å². The van der Waals surface area contributed by atoms with Crippen molar-refractivity contribution in [3.8, 4) is 5.75 Å². The highest BCUT2D eigenvalue weighted by atomic mass is 16.5. The molecule has 0 bridgehead atoms. The number of carbonyl (C=O) groups excluding carboxylic acids is 4. The molecule has 0 radical (unpaired) electrons. The summed E-state index contributed by atoms with van der Waals surface area (Å²) >= 11 is 0. The number of ether oxygens (including phenoxy) is 1. The van der Waals surface area contributed by atoms with Gasteiger partial charge in [-0.25, -0.2) is 4.79 Å². The fraction of sp³-hybridized carbons (Fsp3) is 0.273. The number of benzene rings is 2. The van der Waals surface area contributed by atoms with E-state index in [0.717, 1.165) is 9.80 Å². The molecule has 8 heteroatoms. The molecule has 0 unspecified atom stereocenters. The number of carbonyl (C=O) groups is 4. The topological polar surface area (TPSA) is 96.0 Å². The van der Waals surface area contributed by atoms with Crippen LogP contribution in [0.25, 0.3) is 0 Å². The van der Waals surface area contributed by atoms with Gasteiger partial charge in [0.25, 0.3) is 17.7 Å². The van der Waals surface area contributed by atoms with Gasteiger partial charge in [0.05, 0.1) is 18.2 Å². The van der Waals surface area contributed by atoms with Crippen molar-refractivity contribution in [3.63, 3.8) is 0 Å². The van der Waals surface area contributed by atoms with Crippen molar-refractivity contribution in [2.24, 2.45) is 0 Å². The predicted octanol–water partition coefficient (Wildman–Crippen LogP) is 2.15. The van der Waals surface area contributed by atoms with E-state index < -0.39 is 29.3 Å². The van der Waals surface area contributed by atoms with Crippen molar-refractivity contribution >= 4 is 23.8 Å². The third kappa shape index (κ3) is 2.83. The Morgan fingerprint density at radius 2 is 1.43 bits per heavy atom. The summed E-state index contributed by atoms with van der Waals surface area (Å²) in [4.78, 5) is 53.1. The van der Waals surface area contributed by atoms with Gasteiger partial charge in [0.15, 0.2) is 0 Å². The standard InChI is InChI=1S/C22H21N3O5/c1-3-22(14-8-10-15(30-2)11-9-14)20(28)25(21(29)23-22)13-12-24-18(26)16-6-4-5-7-17(16)19(24)27/h4-11H,3,12-13H2,1-2H3,(H,23,29)/t22-/m0/s1. The number of nitrogens with one attached hydrogen (secondary N) is 1. The lowest BCUT2D eigenvalue weighted by Crippen LogP contribution is -2.44. The van der Waals surface area contributed by atoms with E-state index in [-0.39, 0.29) is 13.1 Å². The van der Waals surface area contributed by atoms with E-state index in [1.165, 1.54) is 0 Å². The smallest absolute Gasteiger partial charge is 0.325 e. The molecular weight excluding hydrogens is 386 g/mol. The first-order valence-electron chi connectivity index (χ1n) is 9.67. The number of urea groups is 1. The van der Waals surface area contributed by atoms with Crippen LogP contribution >= 0.6 is 0 Å². The largest absolute Gasteiger partial charge is 0.497 e. The molecule has 2 aromatic rings. The molecule has 2 aliphatic rings. The number of amides is 5. The van der Waals surface area contributed by atoms with E-state index in [1.54, 1.807) is 55.6 Å². The maximum atomic E-state index is 13.2. The maximum Gasteiger partial charge on any atom is 0.325 e. The number of hydrogen-bond acceptors (Lipinski definition) is 5. The molecule has 1 saturated heterocycles. The van der Waals surface area contributed by atoms with E-state index in [4.69, 9.17) is 4.74 Å². The minimum atomic E-state index is -1.19. The van der Waals surface area contributed by atoms with Crippen molar-refractivity contribution in [3.05, 3.63) is 65.2 Å². The van der Waals surface area contributed by atoms with Crippen molar-refractivity contribution < 1.29 is 23.9 Å². The Morgan fingerprint density at radius 1 is 0.867 bits per heavy atom. The Hall–Kier alpha value is -3.68. The van der Waals surface area contributed by atoms with Crippen molar-refractivity contribution in [1.29, 1.82) is 0 Å². The SMILES string of the molecule is CC[C@@]1(c2ccc(OC)cc2)NC(=O)N(CCN2C(=O)c3ccccc3C2=O)C1=O. The predicted molar refractivity (Wildman–Crippen MR) is 107 cm³/mol. The molecule has 1 fully saturated rings. The van der Waals surface area contributed by atoms with Gasteiger partial charge in [-0.2, -0.15) is 0 Å². The molecule has 0 aromatic heterocycles. The first-order valence-corrected chi connectivity index (χ1v) is 9.67. The number of imide groups is 2. The molecule has 2 heterocycles. The van der Waals surface area contributed by atoms with Crippen molar-refractivity contribution in [2.75, 3.05) is 20.2 Å². The third-order valence-electron chi connectivity index (χ3n) is 5.71. The van der Waals surface area contributed by atoms with Crippen molar-refractivity contribution in [1.82, 2.24) is 15.1 Å². The molecule has 154 valence electrons. The van der Waals surface area contributed by atoms with Gasteiger partial charge in [-0.1, -0.05) is 31.2 Å². The molecule has 30 heavy (non-hydrogen) atoms. The van der Waals surface area contributed by atoms with E-state index in [2.05, 4.69) is 5.32 Å². The number of fused-ring (bicyclic) bond motifs is 1. The first-order chi connectivity index (χ1) is 14.4. The summed E-state index contributed by atoms with van der Waals surface area (Å²) in [6, 6.07) is 13.0. The molecule has 2 aliphatic heterocycles. The minimum absolute atomic E-state index is 0.0616. The molecule has 2 aromatic carbocycles. The monoisotopic (exact) mass is 407 g/mol. The van der Waals surface area contributed by atoms with Crippen LogP contribution < -0.4 is 10.1 Å². The number of rotatable bonds is 6. The van der Waals surface area contributed by atoms with Crippen LogP contribution in [0.1, 0.15) is 39.6 Å². The number of methoxy groups -OCH3 is 1. The molecule has 0 saturated carbocycles. The van der Waals surface area contributed by atoms with Crippen LogP contribution in [-0.4, -0.2) is 53.8 Å². The van der Waals surface area contributed by atoms with Crippen LogP contribution in [0.3, 0.4) is 0 Å². The zero-order valence-corrected chi connectivity index (χ0v) is 16.7. The highest BCUT2D eigenvalue weighted by molar-refractivity contribution is 6.21. The lowest BCUT2D eigenvalue weighted by atomic mass is 9.87. The van der Waals surface area contributed by atoms with Gasteiger partial charge in [0.1, 0.15) is 11.3 Å². The normalized spacial score (nSPS) is 20.6. The lowest BCUT2D eigenvalue weighted by molar-refractivity contribution is -0.131. The fourth-order valence-corrected chi connectivity index (χ4v) is 3.99. The Labute approximate surface area is 173 Å². The molecular formula is C22H21N3O5. The summed E-state index contributed by atoms with van der Waals surface area (Å²) in [5.41, 5.74) is 0.125. The zero-order chi connectivity index (χ0) is 21.5. The molecule has 1 N–H and O–H groups in total. The lowest BCUT2D eigenvalue weighted by Gasteiger charge is -2.26. The Morgan fingerprint density at radius 3 is 1.97 bits per heavy atom. The quantitative estimate of drug-likeness (QED) is 0.585. The van der Waals surface area contributed by atoms with Crippen LogP contribution in [0.5, 0.6) is 5.75 Å². The molecule has 1 atom stereocenters. The second-order valence-electron chi connectivity index (χ2n) is 7.18. The van der Waals surface area contributed by atoms with Gasteiger partial charge >= 0.3 is 6.03 Å². The summed E-state index contributed by atoms with van der Waals surface area (Å²) < 4.78 is 5.16. The van der Waals surface area contributed by atoms with Gasteiger partial charge in [-0.3, -0.25) is 24.2 Å². The molecule has 5 amide bonds. The van der Waals surface area contributed by atoms with E-state index in [9.17, 15) is 19.2 Å². The Kier molecular flexibility index (Phi) is 4.77.